The molecule has 0 aliphatic heterocycles. The Bertz CT molecular complexity index is 1310. The highest BCUT2D eigenvalue weighted by Gasteiger charge is 2.29. The van der Waals surface area contributed by atoms with Gasteiger partial charge >= 0.3 is 5.97 Å². The van der Waals surface area contributed by atoms with Crippen molar-refractivity contribution in [2.24, 2.45) is 5.73 Å². The maximum atomic E-state index is 13.4. The number of hydrogen-bond acceptors (Lipinski definition) is 8. The second-order valence-corrected chi connectivity index (χ2v) is 9.68. The molecule has 3 rings (SSSR count). The molecule has 12 heteroatoms. The molecule has 38 heavy (non-hydrogen) atoms. The van der Waals surface area contributed by atoms with Crippen LogP contribution in [0.4, 0.5) is 5.69 Å². The summed E-state index contributed by atoms with van der Waals surface area (Å²) in [4.78, 5) is 52.5. The van der Waals surface area contributed by atoms with Crippen LogP contribution in [0.3, 0.4) is 0 Å². The van der Waals surface area contributed by atoms with E-state index in [1.807, 2.05) is 24.3 Å². The van der Waals surface area contributed by atoms with Gasteiger partial charge in [0.15, 0.2) is 0 Å². The summed E-state index contributed by atoms with van der Waals surface area (Å²) in [7, 11) is 1.24. The van der Waals surface area contributed by atoms with Gasteiger partial charge < -0.3 is 26.1 Å². The number of rotatable bonds is 13. The number of unbranched alkanes of at least 4 members (excludes halogenated alkanes) is 1. The van der Waals surface area contributed by atoms with E-state index in [0.29, 0.717) is 41.3 Å². The van der Waals surface area contributed by atoms with Gasteiger partial charge in [-0.2, -0.15) is 0 Å². The lowest BCUT2D eigenvalue weighted by Crippen LogP contribution is -2.52. The molecule has 0 unspecified atom stereocenters. The summed E-state index contributed by atoms with van der Waals surface area (Å²) in [6, 6.07) is 11.9. The van der Waals surface area contributed by atoms with E-state index in [-0.39, 0.29) is 12.1 Å². The van der Waals surface area contributed by atoms with E-state index in [4.69, 9.17) is 10.5 Å². The van der Waals surface area contributed by atoms with Crippen LogP contribution in [0.25, 0.3) is 10.9 Å². The van der Waals surface area contributed by atoms with Gasteiger partial charge in [-0.1, -0.05) is 42.1 Å². The average Bonchev–Trinajstić information content (AvgIpc) is 3.23. The summed E-state index contributed by atoms with van der Waals surface area (Å²) in [6.45, 7) is 1.76. The number of nitrogens with two attached hydrogens (primary N) is 1. The van der Waals surface area contributed by atoms with Crippen molar-refractivity contribution in [2.45, 2.75) is 54.6 Å². The molecule has 0 aliphatic carbocycles. The van der Waals surface area contributed by atoms with Crippen molar-refractivity contribution in [3.05, 3.63) is 64.2 Å². The van der Waals surface area contributed by atoms with E-state index in [0.717, 1.165) is 10.9 Å². The van der Waals surface area contributed by atoms with Crippen LogP contribution < -0.4 is 16.4 Å². The van der Waals surface area contributed by atoms with E-state index in [2.05, 4.69) is 15.6 Å². The van der Waals surface area contributed by atoms with Crippen LogP contribution in [0.5, 0.6) is 0 Å². The first kappa shape index (κ1) is 28.7. The van der Waals surface area contributed by atoms with Crippen LogP contribution in [-0.2, 0) is 25.5 Å². The number of ether oxygens (including phenoxy) is 1. The van der Waals surface area contributed by atoms with E-state index in [1.54, 1.807) is 18.2 Å². The zero-order valence-electron chi connectivity index (χ0n) is 21.2. The Morgan fingerprint density at radius 3 is 2.47 bits per heavy atom. The Kier molecular flexibility index (Phi) is 10.3. The number of aromatic amines is 1. The number of esters is 1. The SMILES string of the molecule is COC(=O)[C@H](CCCCN)NC(=O)[C@H](Cc1c(Sc2ccccc2[N+](=O)[O-])[nH]c2ccccc12)NC(C)=O. The number of methoxy groups -OCH3 is 1. The van der Waals surface area contributed by atoms with Crippen LogP contribution in [0, 0.1) is 10.1 Å². The van der Waals surface area contributed by atoms with Crippen LogP contribution in [0.2, 0.25) is 0 Å². The van der Waals surface area contributed by atoms with Crippen molar-refractivity contribution in [2.75, 3.05) is 13.7 Å². The molecule has 0 fully saturated rings. The fraction of sp³-hybridized carbons (Fsp3) is 0.346. The number of benzene rings is 2. The van der Waals surface area contributed by atoms with Crippen LogP contribution in [-0.4, -0.2) is 53.4 Å². The number of nitro benzene ring substituents is 1. The number of H-pyrrole nitrogens is 1. The molecule has 5 N–H and O–H groups in total. The number of nitrogens with zero attached hydrogens (tertiary/aromatic N) is 1. The third-order valence-corrected chi connectivity index (χ3v) is 7.02. The normalized spacial score (nSPS) is 12.5. The number of amides is 2. The molecular weight excluding hydrogens is 510 g/mol. The Labute approximate surface area is 224 Å². The lowest BCUT2D eigenvalue weighted by molar-refractivity contribution is -0.387. The Hall–Kier alpha value is -3.90. The van der Waals surface area contributed by atoms with E-state index >= 15 is 0 Å². The first-order valence-electron chi connectivity index (χ1n) is 12.1. The molecule has 11 nitrogen and oxygen atoms in total. The molecule has 202 valence electrons. The first-order valence-corrected chi connectivity index (χ1v) is 12.9. The number of nitro groups is 1. The van der Waals surface area contributed by atoms with Crippen molar-refractivity contribution in [1.29, 1.82) is 0 Å². The summed E-state index contributed by atoms with van der Waals surface area (Å²) in [5, 5.41) is 18.4. The lowest BCUT2D eigenvalue weighted by Gasteiger charge is -2.22. The highest BCUT2D eigenvalue weighted by Crippen LogP contribution is 2.39. The molecule has 2 aromatic carbocycles. The topological polar surface area (TPSA) is 169 Å². The smallest absolute Gasteiger partial charge is 0.328 e. The average molecular weight is 542 g/mol. The van der Waals surface area contributed by atoms with Gasteiger partial charge in [0.25, 0.3) is 5.69 Å². The molecule has 0 saturated heterocycles. The summed E-state index contributed by atoms with van der Waals surface area (Å²) in [6.07, 6.45) is 1.71. The Morgan fingerprint density at radius 2 is 1.79 bits per heavy atom. The maximum Gasteiger partial charge on any atom is 0.328 e. The zero-order valence-corrected chi connectivity index (χ0v) is 22.0. The first-order chi connectivity index (χ1) is 18.2. The highest BCUT2D eigenvalue weighted by atomic mass is 32.2. The predicted molar refractivity (Wildman–Crippen MR) is 144 cm³/mol. The molecule has 0 aliphatic rings. The van der Waals surface area contributed by atoms with Gasteiger partial charge in [-0.25, -0.2) is 4.79 Å². The fourth-order valence-electron chi connectivity index (χ4n) is 4.08. The number of fused-ring (bicyclic) bond motifs is 1. The summed E-state index contributed by atoms with van der Waals surface area (Å²) in [5.41, 5.74) is 6.99. The van der Waals surface area contributed by atoms with E-state index in [9.17, 15) is 24.5 Å². The summed E-state index contributed by atoms with van der Waals surface area (Å²) >= 11 is 1.18. The number of carbonyl (C=O) groups is 3. The van der Waals surface area contributed by atoms with Gasteiger partial charge in [0.05, 0.1) is 22.0 Å². The molecule has 2 atom stereocenters. The third kappa shape index (κ3) is 7.33. The number of para-hydroxylation sites is 2. The van der Waals surface area contributed by atoms with Gasteiger partial charge in [-0.3, -0.25) is 19.7 Å². The Morgan fingerprint density at radius 1 is 1.08 bits per heavy atom. The fourth-order valence-corrected chi connectivity index (χ4v) is 5.18. The second-order valence-electron chi connectivity index (χ2n) is 8.63. The number of carbonyl (C=O) groups excluding carboxylic acids is 3. The third-order valence-electron chi connectivity index (χ3n) is 5.90. The van der Waals surface area contributed by atoms with Crippen LogP contribution >= 0.6 is 11.8 Å². The van der Waals surface area contributed by atoms with Crippen LogP contribution in [0.15, 0.2) is 58.5 Å². The summed E-state index contributed by atoms with van der Waals surface area (Å²) < 4.78 is 4.85. The molecule has 1 heterocycles. The van der Waals surface area contributed by atoms with Gasteiger partial charge in [-0.05, 0) is 43.5 Å². The van der Waals surface area contributed by atoms with Gasteiger partial charge in [0.2, 0.25) is 11.8 Å². The minimum absolute atomic E-state index is 0.0448. The minimum atomic E-state index is -1.02. The van der Waals surface area contributed by atoms with Crippen molar-refractivity contribution < 1.29 is 24.0 Å². The summed E-state index contributed by atoms with van der Waals surface area (Å²) in [5.74, 6) is -1.55. The quantitative estimate of drug-likeness (QED) is 0.111. The highest BCUT2D eigenvalue weighted by molar-refractivity contribution is 7.99. The lowest BCUT2D eigenvalue weighted by atomic mass is 10.0. The standard InChI is InChI=1S/C26H31N5O6S/c1-16(32)28-21(24(33)29-20(26(34)37-2)11-7-8-14-27)15-18-17-9-3-4-10-19(17)30-25(18)38-23-13-6-5-12-22(23)31(35)36/h3-6,9-10,12-13,20-21,30H,7-8,11,14-15,27H2,1-2H3,(H,28,32)(H,29,33)/t20-,21-/m0/s1. The van der Waals surface area contributed by atoms with E-state index < -0.39 is 34.8 Å². The minimum Gasteiger partial charge on any atom is -0.467 e. The van der Waals surface area contributed by atoms with Gasteiger partial charge in [0, 0.05) is 30.3 Å². The number of aromatic nitrogens is 1. The van der Waals surface area contributed by atoms with Gasteiger partial charge in [-0.15, -0.1) is 0 Å². The Balaban J connectivity index is 1.95. The monoisotopic (exact) mass is 541 g/mol. The van der Waals surface area contributed by atoms with Crippen molar-refractivity contribution in [3.8, 4) is 0 Å². The number of hydrogen-bond donors (Lipinski definition) is 4. The van der Waals surface area contributed by atoms with Crippen molar-refractivity contribution in [1.82, 2.24) is 15.6 Å². The van der Waals surface area contributed by atoms with Crippen molar-refractivity contribution >= 4 is 46.1 Å². The molecule has 0 bridgehead atoms. The number of nitrogens with one attached hydrogen (secondary N) is 3. The van der Waals surface area contributed by atoms with E-state index in [1.165, 1.54) is 31.9 Å². The predicted octanol–water partition coefficient (Wildman–Crippen LogP) is 3.06. The second kappa shape index (κ2) is 13.6. The maximum absolute atomic E-state index is 13.4. The molecule has 0 radical (unpaired) electrons. The molecule has 0 spiro atoms. The molecule has 2 amide bonds. The molecule has 3 aromatic rings. The van der Waals surface area contributed by atoms with Crippen molar-refractivity contribution in [3.63, 3.8) is 0 Å². The zero-order chi connectivity index (χ0) is 27.7. The molecule has 1 aromatic heterocycles. The van der Waals surface area contributed by atoms with Gasteiger partial charge in [0.1, 0.15) is 12.1 Å². The van der Waals surface area contributed by atoms with Crippen LogP contribution in [0.1, 0.15) is 31.7 Å². The largest absolute Gasteiger partial charge is 0.467 e. The molecule has 0 saturated carbocycles. The molecular formula is C26H31N5O6S.